The predicted molar refractivity (Wildman–Crippen MR) is 110 cm³/mol. The zero-order chi connectivity index (χ0) is 19.9. The molecule has 0 unspecified atom stereocenters. The summed E-state index contributed by atoms with van der Waals surface area (Å²) in [6, 6.07) is 12.2. The molecule has 0 spiro atoms. The highest BCUT2D eigenvalue weighted by molar-refractivity contribution is 5.43. The monoisotopic (exact) mass is 386 g/mol. The topological polar surface area (TPSA) is 43.4 Å². The van der Waals surface area contributed by atoms with Gasteiger partial charge in [0.25, 0.3) is 0 Å². The lowest BCUT2D eigenvalue weighted by Gasteiger charge is -2.35. The van der Waals surface area contributed by atoms with Crippen LogP contribution in [0.4, 0.5) is 0 Å². The highest BCUT2D eigenvalue weighted by atomic mass is 16.5. The quantitative estimate of drug-likeness (QED) is 0.695. The lowest BCUT2D eigenvalue weighted by Crippen LogP contribution is -2.45. The Morgan fingerprint density at radius 2 is 1.29 bits per heavy atom. The molecule has 0 radical (unpaired) electrons. The average Bonchev–Trinajstić information content (AvgIpc) is 2.75. The van der Waals surface area contributed by atoms with Crippen molar-refractivity contribution in [1.82, 2.24) is 9.80 Å². The molecule has 0 aliphatic carbocycles. The first kappa shape index (κ1) is 20.3. The van der Waals surface area contributed by atoms with Crippen molar-refractivity contribution < 1.29 is 18.9 Å². The van der Waals surface area contributed by atoms with Crippen LogP contribution in [0.5, 0.6) is 23.0 Å². The summed E-state index contributed by atoms with van der Waals surface area (Å²) in [6.07, 6.45) is 0. The Bertz CT molecular complexity index is 773. The summed E-state index contributed by atoms with van der Waals surface area (Å²) in [7, 11) is 6.72. The van der Waals surface area contributed by atoms with E-state index in [0.29, 0.717) is 0 Å². The van der Waals surface area contributed by atoms with E-state index in [9.17, 15) is 0 Å². The van der Waals surface area contributed by atoms with Gasteiger partial charge in [0.15, 0.2) is 11.5 Å². The highest BCUT2D eigenvalue weighted by Crippen LogP contribution is 2.29. The third-order valence-corrected chi connectivity index (χ3v) is 5.21. The van der Waals surface area contributed by atoms with Crippen molar-refractivity contribution in [2.45, 2.75) is 13.1 Å². The number of hydrogen-bond acceptors (Lipinski definition) is 6. The van der Waals surface area contributed by atoms with E-state index in [2.05, 4.69) is 28.0 Å². The van der Waals surface area contributed by atoms with Crippen molar-refractivity contribution in [2.24, 2.45) is 0 Å². The Hall–Kier alpha value is -2.44. The molecule has 0 amide bonds. The predicted octanol–water partition coefficient (Wildman–Crippen LogP) is 3.04. The van der Waals surface area contributed by atoms with E-state index in [1.807, 2.05) is 18.2 Å². The van der Waals surface area contributed by atoms with E-state index < -0.39 is 0 Å². The second-order valence-corrected chi connectivity index (χ2v) is 6.92. The van der Waals surface area contributed by atoms with Gasteiger partial charge < -0.3 is 18.9 Å². The zero-order valence-electron chi connectivity index (χ0n) is 17.2. The summed E-state index contributed by atoms with van der Waals surface area (Å²) in [5, 5.41) is 0. The molecule has 1 fully saturated rings. The molecule has 2 aromatic carbocycles. The van der Waals surface area contributed by atoms with Gasteiger partial charge in [-0.15, -0.1) is 0 Å². The maximum atomic E-state index is 5.53. The molecule has 1 aliphatic heterocycles. The van der Waals surface area contributed by atoms with E-state index in [1.54, 1.807) is 28.4 Å². The van der Waals surface area contributed by atoms with Gasteiger partial charge in [-0.2, -0.15) is 0 Å². The molecule has 152 valence electrons. The fourth-order valence-corrected chi connectivity index (χ4v) is 3.57. The molecule has 1 heterocycles. The molecule has 0 bridgehead atoms. The normalized spacial score (nSPS) is 15.3. The van der Waals surface area contributed by atoms with Gasteiger partial charge in [0, 0.05) is 50.9 Å². The maximum Gasteiger partial charge on any atom is 0.161 e. The smallest absolute Gasteiger partial charge is 0.161 e. The standard InChI is InChI=1S/C22H30N2O4/c1-25-19-7-6-18(21(14-19)27-3)16-24-11-9-23(10-12-24)15-17-5-8-20(26-2)22(13-17)28-4/h5-8,13-14H,9-12,15-16H2,1-4H3. The molecular formula is C22H30N2O4. The zero-order valence-corrected chi connectivity index (χ0v) is 17.2. The lowest BCUT2D eigenvalue weighted by molar-refractivity contribution is 0.121. The second kappa shape index (κ2) is 9.66. The Balaban J connectivity index is 1.55. The Kier molecular flexibility index (Phi) is 7.01. The first-order valence-electron chi connectivity index (χ1n) is 9.53. The molecule has 3 rings (SSSR count). The van der Waals surface area contributed by atoms with Crippen LogP contribution in [0.3, 0.4) is 0 Å². The average molecular weight is 386 g/mol. The van der Waals surface area contributed by atoms with Crippen LogP contribution < -0.4 is 18.9 Å². The fourth-order valence-electron chi connectivity index (χ4n) is 3.57. The first-order valence-corrected chi connectivity index (χ1v) is 9.53. The van der Waals surface area contributed by atoms with E-state index >= 15 is 0 Å². The van der Waals surface area contributed by atoms with Crippen molar-refractivity contribution in [3.63, 3.8) is 0 Å². The van der Waals surface area contributed by atoms with Crippen molar-refractivity contribution >= 4 is 0 Å². The highest BCUT2D eigenvalue weighted by Gasteiger charge is 2.19. The van der Waals surface area contributed by atoms with Crippen LogP contribution in [0, 0.1) is 0 Å². The molecule has 0 N–H and O–H groups in total. The van der Waals surface area contributed by atoms with Gasteiger partial charge in [-0.3, -0.25) is 9.80 Å². The van der Waals surface area contributed by atoms with Crippen molar-refractivity contribution in [3.8, 4) is 23.0 Å². The van der Waals surface area contributed by atoms with Gasteiger partial charge in [0.1, 0.15) is 11.5 Å². The summed E-state index contributed by atoms with van der Waals surface area (Å²) in [4.78, 5) is 4.94. The number of hydrogen-bond donors (Lipinski definition) is 0. The summed E-state index contributed by atoms with van der Waals surface area (Å²) >= 11 is 0. The van der Waals surface area contributed by atoms with Crippen LogP contribution in [-0.4, -0.2) is 64.4 Å². The van der Waals surface area contributed by atoms with E-state index in [0.717, 1.165) is 62.3 Å². The van der Waals surface area contributed by atoms with Gasteiger partial charge in [0.2, 0.25) is 0 Å². The van der Waals surface area contributed by atoms with Crippen molar-refractivity contribution in [2.75, 3.05) is 54.6 Å². The second-order valence-electron chi connectivity index (χ2n) is 6.92. The molecule has 28 heavy (non-hydrogen) atoms. The van der Waals surface area contributed by atoms with Crippen LogP contribution in [0.1, 0.15) is 11.1 Å². The summed E-state index contributed by atoms with van der Waals surface area (Å²) in [5.74, 6) is 3.25. The van der Waals surface area contributed by atoms with Gasteiger partial charge in [0.05, 0.1) is 28.4 Å². The van der Waals surface area contributed by atoms with Crippen molar-refractivity contribution in [3.05, 3.63) is 47.5 Å². The number of benzene rings is 2. The minimum atomic E-state index is 0.768. The largest absolute Gasteiger partial charge is 0.497 e. The Labute approximate surface area is 167 Å². The molecule has 6 nitrogen and oxygen atoms in total. The fraction of sp³-hybridized carbons (Fsp3) is 0.455. The molecular weight excluding hydrogens is 356 g/mol. The van der Waals surface area contributed by atoms with Gasteiger partial charge >= 0.3 is 0 Å². The van der Waals surface area contributed by atoms with Crippen LogP contribution in [0.25, 0.3) is 0 Å². The third-order valence-electron chi connectivity index (χ3n) is 5.21. The lowest BCUT2D eigenvalue weighted by atomic mass is 10.1. The van der Waals surface area contributed by atoms with E-state index in [1.165, 1.54) is 11.1 Å². The van der Waals surface area contributed by atoms with E-state index in [-0.39, 0.29) is 0 Å². The van der Waals surface area contributed by atoms with Gasteiger partial charge in [-0.1, -0.05) is 12.1 Å². The summed E-state index contributed by atoms with van der Waals surface area (Å²) < 4.78 is 21.6. The van der Waals surface area contributed by atoms with E-state index in [4.69, 9.17) is 18.9 Å². The third kappa shape index (κ3) is 4.88. The number of nitrogens with zero attached hydrogens (tertiary/aromatic N) is 2. The molecule has 6 heteroatoms. The van der Waals surface area contributed by atoms with Crippen LogP contribution in [0.2, 0.25) is 0 Å². The number of rotatable bonds is 8. The molecule has 0 aromatic heterocycles. The Morgan fingerprint density at radius 1 is 0.643 bits per heavy atom. The molecule has 0 atom stereocenters. The molecule has 1 saturated heterocycles. The molecule has 0 saturated carbocycles. The number of ether oxygens (including phenoxy) is 4. The summed E-state index contributed by atoms with van der Waals surface area (Å²) in [6.45, 7) is 5.93. The first-order chi connectivity index (χ1) is 13.7. The summed E-state index contributed by atoms with van der Waals surface area (Å²) in [5.41, 5.74) is 2.43. The van der Waals surface area contributed by atoms with Crippen LogP contribution >= 0.6 is 0 Å². The minimum absolute atomic E-state index is 0.768. The van der Waals surface area contributed by atoms with Gasteiger partial charge in [-0.25, -0.2) is 0 Å². The van der Waals surface area contributed by atoms with Gasteiger partial charge in [-0.05, 0) is 23.8 Å². The van der Waals surface area contributed by atoms with Crippen molar-refractivity contribution in [1.29, 1.82) is 0 Å². The number of methoxy groups -OCH3 is 4. The number of piperazine rings is 1. The Morgan fingerprint density at radius 3 is 1.89 bits per heavy atom. The minimum Gasteiger partial charge on any atom is -0.497 e. The maximum absolute atomic E-state index is 5.53. The van der Waals surface area contributed by atoms with Crippen LogP contribution in [0.15, 0.2) is 36.4 Å². The SMILES string of the molecule is COc1ccc(CN2CCN(Cc3ccc(OC)c(OC)c3)CC2)c(OC)c1. The molecule has 1 aliphatic rings. The molecule has 2 aromatic rings. The van der Waals surface area contributed by atoms with Crippen LogP contribution in [-0.2, 0) is 13.1 Å².